The average molecular weight is 263 g/mol. The second kappa shape index (κ2) is 4.27. The van der Waals surface area contributed by atoms with Crippen molar-refractivity contribution < 1.29 is 9.53 Å². The van der Waals surface area contributed by atoms with Gasteiger partial charge in [-0.3, -0.25) is 4.79 Å². The highest BCUT2D eigenvalue weighted by Gasteiger charge is 2.39. The lowest BCUT2D eigenvalue weighted by Crippen LogP contribution is -2.51. The highest BCUT2D eigenvalue weighted by molar-refractivity contribution is 5.94. The summed E-state index contributed by atoms with van der Waals surface area (Å²) in [6.45, 7) is 4.74. The van der Waals surface area contributed by atoms with Crippen LogP contribution in [0.3, 0.4) is 0 Å². The van der Waals surface area contributed by atoms with Crippen LogP contribution in [0.5, 0.6) is 0 Å². The van der Waals surface area contributed by atoms with Gasteiger partial charge in [0.25, 0.3) is 5.91 Å². The standard InChI is InChI=1S/C14H21N3O2/c1-9-14(2,5-6-19-9)16-13(18)12-7-10(15)8-17(12)11-3-4-11/h7-9,11H,3-6,15H2,1-2H3,(H,16,18). The van der Waals surface area contributed by atoms with Crippen molar-refractivity contribution >= 4 is 11.6 Å². The Hall–Kier alpha value is -1.49. The van der Waals surface area contributed by atoms with Gasteiger partial charge in [-0.2, -0.15) is 0 Å². The molecule has 3 N–H and O–H groups in total. The zero-order valence-corrected chi connectivity index (χ0v) is 11.5. The quantitative estimate of drug-likeness (QED) is 0.872. The first-order valence-corrected chi connectivity index (χ1v) is 6.91. The van der Waals surface area contributed by atoms with Crippen LogP contribution in [0.1, 0.15) is 49.6 Å². The number of nitrogens with two attached hydrogens (primary N) is 1. The van der Waals surface area contributed by atoms with Crippen LogP contribution in [0.25, 0.3) is 0 Å². The Morgan fingerprint density at radius 1 is 1.58 bits per heavy atom. The van der Waals surface area contributed by atoms with Crippen LogP contribution in [0.4, 0.5) is 5.69 Å². The van der Waals surface area contributed by atoms with Crippen LogP contribution in [0.2, 0.25) is 0 Å². The van der Waals surface area contributed by atoms with Gasteiger partial charge in [0.1, 0.15) is 5.69 Å². The molecule has 1 aromatic heterocycles. The molecule has 2 fully saturated rings. The van der Waals surface area contributed by atoms with E-state index in [9.17, 15) is 4.79 Å². The first-order chi connectivity index (χ1) is 8.99. The van der Waals surface area contributed by atoms with Crippen LogP contribution in [0, 0.1) is 0 Å². The molecular weight excluding hydrogens is 242 g/mol. The van der Waals surface area contributed by atoms with Gasteiger partial charge in [-0.25, -0.2) is 0 Å². The summed E-state index contributed by atoms with van der Waals surface area (Å²) in [5.74, 6) is -0.0524. The van der Waals surface area contributed by atoms with Gasteiger partial charge >= 0.3 is 0 Å². The third kappa shape index (κ3) is 2.23. The second-order valence-corrected chi connectivity index (χ2v) is 5.93. The first kappa shape index (κ1) is 12.5. The summed E-state index contributed by atoms with van der Waals surface area (Å²) in [7, 11) is 0. The van der Waals surface area contributed by atoms with E-state index in [0.717, 1.165) is 19.3 Å². The van der Waals surface area contributed by atoms with E-state index in [-0.39, 0.29) is 17.6 Å². The molecule has 1 aliphatic carbocycles. The van der Waals surface area contributed by atoms with Crippen LogP contribution in [0.15, 0.2) is 12.3 Å². The Labute approximate surface area is 113 Å². The van der Waals surface area contributed by atoms with Crippen molar-refractivity contribution in [3.05, 3.63) is 18.0 Å². The van der Waals surface area contributed by atoms with E-state index in [2.05, 4.69) is 5.32 Å². The van der Waals surface area contributed by atoms with Crippen LogP contribution in [-0.2, 0) is 4.74 Å². The monoisotopic (exact) mass is 263 g/mol. The number of amides is 1. The van der Waals surface area contributed by atoms with Gasteiger partial charge in [0.2, 0.25) is 0 Å². The predicted molar refractivity (Wildman–Crippen MR) is 73.0 cm³/mol. The number of hydrogen-bond acceptors (Lipinski definition) is 3. The number of rotatable bonds is 3. The number of carbonyl (C=O) groups excluding carboxylic acids is 1. The zero-order valence-electron chi connectivity index (χ0n) is 11.5. The van der Waals surface area contributed by atoms with E-state index >= 15 is 0 Å². The van der Waals surface area contributed by atoms with Crippen LogP contribution >= 0.6 is 0 Å². The molecule has 2 aliphatic rings. The minimum absolute atomic E-state index is 0.0399. The Kier molecular flexibility index (Phi) is 2.82. The lowest BCUT2D eigenvalue weighted by molar-refractivity contribution is 0.0721. The van der Waals surface area contributed by atoms with E-state index in [1.54, 1.807) is 6.07 Å². The molecule has 5 heteroatoms. The molecule has 2 atom stereocenters. The van der Waals surface area contributed by atoms with Crippen molar-refractivity contribution in [1.29, 1.82) is 0 Å². The van der Waals surface area contributed by atoms with Crippen LogP contribution < -0.4 is 11.1 Å². The normalized spacial score (nSPS) is 30.5. The molecule has 1 saturated carbocycles. The minimum Gasteiger partial charge on any atom is -0.397 e. The lowest BCUT2D eigenvalue weighted by Gasteiger charge is -2.29. The molecule has 2 unspecified atom stereocenters. The number of nitrogens with zero attached hydrogens (tertiary/aromatic N) is 1. The summed E-state index contributed by atoms with van der Waals surface area (Å²) in [6, 6.07) is 2.21. The highest BCUT2D eigenvalue weighted by atomic mass is 16.5. The van der Waals surface area contributed by atoms with Gasteiger partial charge in [-0.15, -0.1) is 0 Å². The van der Waals surface area contributed by atoms with Gasteiger partial charge in [0, 0.05) is 18.8 Å². The Balaban J connectivity index is 1.80. The number of anilines is 1. The number of hydrogen-bond donors (Lipinski definition) is 2. The van der Waals surface area contributed by atoms with E-state index < -0.39 is 0 Å². The van der Waals surface area contributed by atoms with E-state index in [1.165, 1.54) is 0 Å². The molecule has 2 heterocycles. The molecule has 1 aromatic rings. The molecular formula is C14H21N3O2. The zero-order chi connectivity index (χ0) is 13.6. The maximum atomic E-state index is 12.5. The molecule has 19 heavy (non-hydrogen) atoms. The molecule has 1 amide bonds. The smallest absolute Gasteiger partial charge is 0.268 e. The highest BCUT2D eigenvalue weighted by Crippen LogP contribution is 2.37. The molecule has 1 aliphatic heterocycles. The second-order valence-electron chi connectivity index (χ2n) is 5.93. The lowest BCUT2D eigenvalue weighted by atomic mass is 9.94. The Morgan fingerprint density at radius 3 is 2.89 bits per heavy atom. The van der Waals surface area contributed by atoms with Crippen LogP contribution in [-0.4, -0.2) is 28.7 Å². The molecule has 3 rings (SSSR count). The van der Waals surface area contributed by atoms with Crippen molar-refractivity contribution in [3.63, 3.8) is 0 Å². The van der Waals surface area contributed by atoms with E-state index in [4.69, 9.17) is 10.5 Å². The summed E-state index contributed by atoms with van der Waals surface area (Å²) in [6.07, 6.45) is 5.01. The van der Waals surface area contributed by atoms with E-state index in [0.29, 0.717) is 24.0 Å². The fourth-order valence-corrected chi connectivity index (χ4v) is 2.66. The third-order valence-electron chi connectivity index (χ3n) is 4.33. The van der Waals surface area contributed by atoms with Crippen molar-refractivity contribution in [1.82, 2.24) is 9.88 Å². The maximum Gasteiger partial charge on any atom is 0.268 e. The van der Waals surface area contributed by atoms with Gasteiger partial charge in [-0.05, 0) is 39.2 Å². The maximum absolute atomic E-state index is 12.5. The number of ether oxygens (including phenoxy) is 1. The van der Waals surface area contributed by atoms with E-state index in [1.807, 2.05) is 24.6 Å². The molecule has 0 bridgehead atoms. The molecule has 104 valence electrons. The summed E-state index contributed by atoms with van der Waals surface area (Å²) < 4.78 is 7.56. The van der Waals surface area contributed by atoms with Crippen molar-refractivity contribution in [2.24, 2.45) is 0 Å². The number of nitrogens with one attached hydrogen (secondary N) is 1. The number of nitrogen functional groups attached to an aromatic ring is 1. The fourth-order valence-electron chi connectivity index (χ4n) is 2.66. The average Bonchev–Trinajstić information content (AvgIpc) is 3.04. The summed E-state index contributed by atoms with van der Waals surface area (Å²) in [4.78, 5) is 12.5. The Morgan fingerprint density at radius 2 is 2.32 bits per heavy atom. The van der Waals surface area contributed by atoms with Crippen molar-refractivity contribution in [3.8, 4) is 0 Å². The molecule has 1 saturated heterocycles. The first-order valence-electron chi connectivity index (χ1n) is 6.91. The molecule has 5 nitrogen and oxygen atoms in total. The third-order valence-corrected chi connectivity index (χ3v) is 4.33. The number of carbonyl (C=O) groups is 1. The van der Waals surface area contributed by atoms with Gasteiger partial charge in [0.15, 0.2) is 0 Å². The van der Waals surface area contributed by atoms with Crippen molar-refractivity contribution in [2.75, 3.05) is 12.3 Å². The van der Waals surface area contributed by atoms with Gasteiger partial charge < -0.3 is 20.4 Å². The molecule has 0 radical (unpaired) electrons. The van der Waals surface area contributed by atoms with Gasteiger partial charge in [0.05, 0.1) is 17.3 Å². The summed E-state index contributed by atoms with van der Waals surface area (Å²) in [5, 5.41) is 3.12. The summed E-state index contributed by atoms with van der Waals surface area (Å²) in [5.41, 5.74) is 6.86. The Bertz CT molecular complexity index is 507. The summed E-state index contributed by atoms with van der Waals surface area (Å²) >= 11 is 0. The van der Waals surface area contributed by atoms with Crippen molar-refractivity contribution in [2.45, 2.75) is 50.8 Å². The topological polar surface area (TPSA) is 69.3 Å². The number of aromatic nitrogens is 1. The van der Waals surface area contributed by atoms with Gasteiger partial charge in [-0.1, -0.05) is 0 Å². The largest absolute Gasteiger partial charge is 0.397 e. The molecule has 0 aromatic carbocycles. The molecule has 0 spiro atoms. The SMILES string of the molecule is CC1OCCC1(C)NC(=O)c1cc(N)cn1C1CC1. The minimum atomic E-state index is -0.287. The predicted octanol–water partition coefficient (Wildman–Crippen LogP) is 1.70. The fraction of sp³-hybridized carbons (Fsp3) is 0.643.